The Bertz CT molecular complexity index is 927. The van der Waals surface area contributed by atoms with E-state index in [9.17, 15) is 9.18 Å². The fraction of sp³-hybridized carbons (Fsp3) is 0.263. The van der Waals surface area contributed by atoms with Gasteiger partial charge in [-0.2, -0.15) is 0 Å². The zero-order valence-corrected chi connectivity index (χ0v) is 15.9. The number of nitrogens with zero attached hydrogens (tertiary/aromatic N) is 4. The fourth-order valence-electron chi connectivity index (χ4n) is 2.97. The number of halogens is 1. The van der Waals surface area contributed by atoms with Gasteiger partial charge in [-0.1, -0.05) is 17.8 Å². The number of carbonyl (C=O) groups is 1. The standard InChI is InChI=1S/C19H18FN5O2S/c20-15-6-4-14(5-7-15)18-22-23-19(27-18)28-13-17(26)25-11-9-24(10-12-25)16-3-1-2-8-21-16/h1-8H,9-13H2/p+1. The van der Waals surface area contributed by atoms with E-state index in [1.807, 2.05) is 29.3 Å². The lowest BCUT2D eigenvalue weighted by atomic mass is 10.2. The van der Waals surface area contributed by atoms with Crippen LogP contribution in [0.1, 0.15) is 0 Å². The highest BCUT2D eigenvalue weighted by atomic mass is 32.2. The molecule has 0 bridgehead atoms. The largest absolute Gasteiger partial charge is 0.411 e. The zero-order chi connectivity index (χ0) is 19.3. The van der Waals surface area contributed by atoms with E-state index in [1.165, 1.54) is 23.9 Å². The average molecular weight is 400 g/mol. The Balaban J connectivity index is 1.28. The third-order valence-corrected chi connectivity index (χ3v) is 5.29. The van der Waals surface area contributed by atoms with Crippen LogP contribution < -0.4 is 9.88 Å². The predicted octanol–water partition coefficient (Wildman–Crippen LogP) is 2.13. The summed E-state index contributed by atoms with van der Waals surface area (Å²) < 4.78 is 18.6. The van der Waals surface area contributed by atoms with Gasteiger partial charge in [0.15, 0.2) is 0 Å². The van der Waals surface area contributed by atoms with E-state index in [1.54, 1.807) is 12.1 Å². The SMILES string of the molecule is O=C(CSc1nnc(-c2ccc(F)cc2)o1)N1CCN(c2cccc[nH+]2)CC1. The van der Waals surface area contributed by atoms with Crippen molar-refractivity contribution in [1.82, 2.24) is 15.1 Å². The summed E-state index contributed by atoms with van der Waals surface area (Å²) in [5, 5.41) is 8.23. The van der Waals surface area contributed by atoms with Crippen LogP contribution in [0.5, 0.6) is 0 Å². The second-order valence-electron chi connectivity index (χ2n) is 6.28. The van der Waals surface area contributed by atoms with Crippen LogP contribution in [0.4, 0.5) is 10.2 Å². The summed E-state index contributed by atoms with van der Waals surface area (Å²) in [4.78, 5) is 19.8. The number of rotatable bonds is 5. The number of nitrogens with one attached hydrogen (secondary N) is 1. The van der Waals surface area contributed by atoms with Crippen molar-refractivity contribution in [3.8, 4) is 11.5 Å². The molecule has 0 atom stereocenters. The first kappa shape index (κ1) is 18.4. The second-order valence-corrected chi connectivity index (χ2v) is 7.21. The molecule has 4 rings (SSSR count). The number of aromatic nitrogens is 3. The van der Waals surface area contributed by atoms with Gasteiger partial charge < -0.3 is 9.32 Å². The Kier molecular flexibility index (Phi) is 5.52. The number of benzene rings is 1. The van der Waals surface area contributed by atoms with Crippen LogP contribution in [0.15, 0.2) is 58.3 Å². The van der Waals surface area contributed by atoms with E-state index in [0.29, 0.717) is 29.8 Å². The molecule has 2 aromatic heterocycles. The summed E-state index contributed by atoms with van der Waals surface area (Å²) in [6.45, 7) is 2.91. The molecule has 3 aromatic rings. The summed E-state index contributed by atoms with van der Waals surface area (Å²) in [5.74, 6) is 1.32. The van der Waals surface area contributed by atoms with Crippen molar-refractivity contribution in [3.63, 3.8) is 0 Å². The number of aromatic amines is 1. The topological polar surface area (TPSA) is 76.6 Å². The third kappa shape index (κ3) is 4.30. The van der Waals surface area contributed by atoms with Crippen LogP contribution in [0.25, 0.3) is 11.5 Å². The van der Waals surface area contributed by atoms with Gasteiger partial charge in [0.25, 0.3) is 11.0 Å². The van der Waals surface area contributed by atoms with Gasteiger partial charge in [-0.3, -0.25) is 9.69 Å². The summed E-state index contributed by atoms with van der Waals surface area (Å²) >= 11 is 1.21. The number of carbonyl (C=O) groups excluding carboxylic acids is 1. The fourth-order valence-corrected chi connectivity index (χ4v) is 3.64. The van der Waals surface area contributed by atoms with Gasteiger partial charge in [0.2, 0.25) is 11.8 Å². The molecule has 3 heterocycles. The smallest absolute Gasteiger partial charge is 0.277 e. The van der Waals surface area contributed by atoms with Gasteiger partial charge in [-0.05, 0) is 30.3 Å². The van der Waals surface area contributed by atoms with E-state index < -0.39 is 0 Å². The number of H-pyrrole nitrogens is 1. The molecule has 0 radical (unpaired) electrons. The minimum absolute atomic E-state index is 0.0447. The zero-order valence-electron chi connectivity index (χ0n) is 15.0. The van der Waals surface area contributed by atoms with E-state index in [-0.39, 0.29) is 17.5 Å². The van der Waals surface area contributed by atoms with Gasteiger partial charge in [0, 0.05) is 11.6 Å². The first-order valence-electron chi connectivity index (χ1n) is 8.91. The van der Waals surface area contributed by atoms with Crippen molar-refractivity contribution < 1.29 is 18.6 Å². The number of piperazine rings is 1. The Morgan fingerprint density at radius 2 is 1.89 bits per heavy atom. The molecule has 9 heteroatoms. The van der Waals surface area contributed by atoms with Crippen LogP contribution >= 0.6 is 11.8 Å². The van der Waals surface area contributed by atoms with Crippen LogP contribution in [0, 0.1) is 5.82 Å². The molecule has 1 amide bonds. The Labute approximate surface area is 165 Å². The molecule has 1 aromatic carbocycles. The first-order valence-corrected chi connectivity index (χ1v) is 9.89. The number of thioether (sulfide) groups is 1. The number of amides is 1. The van der Waals surface area contributed by atoms with Crippen molar-refractivity contribution in [2.45, 2.75) is 5.22 Å². The molecular weight excluding hydrogens is 381 g/mol. The van der Waals surface area contributed by atoms with Gasteiger partial charge in [0.1, 0.15) is 18.9 Å². The second kappa shape index (κ2) is 8.39. The molecule has 0 unspecified atom stereocenters. The normalized spacial score (nSPS) is 14.3. The maximum absolute atomic E-state index is 13.0. The summed E-state index contributed by atoms with van der Waals surface area (Å²) in [6.07, 6.45) is 1.90. The lowest BCUT2D eigenvalue weighted by molar-refractivity contribution is -0.364. The molecule has 28 heavy (non-hydrogen) atoms. The lowest BCUT2D eigenvalue weighted by Gasteiger charge is -2.30. The minimum atomic E-state index is -0.325. The highest BCUT2D eigenvalue weighted by Crippen LogP contribution is 2.23. The Hall–Kier alpha value is -2.94. The van der Waals surface area contributed by atoms with Crippen molar-refractivity contribution in [3.05, 3.63) is 54.5 Å². The van der Waals surface area contributed by atoms with Gasteiger partial charge in [-0.25, -0.2) is 9.37 Å². The highest BCUT2D eigenvalue weighted by molar-refractivity contribution is 7.99. The number of anilines is 1. The summed E-state index contributed by atoms with van der Waals surface area (Å²) in [6, 6.07) is 11.8. The van der Waals surface area contributed by atoms with Crippen LogP contribution in [-0.4, -0.2) is 52.9 Å². The van der Waals surface area contributed by atoms with Crippen molar-refractivity contribution in [1.29, 1.82) is 0 Å². The third-order valence-electron chi connectivity index (χ3n) is 4.48. The molecule has 0 spiro atoms. The Morgan fingerprint density at radius 3 is 2.61 bits per heavy atom. The molecule has 1 aliphatic rings. The monoisotopic (exact) mass is 400 g/mol. The van der Waals surface area contributed by atoms with Gasteiger partial charge in [0.05, 0.1) is 25.0 Å². The first-order chi connectivity index (χ1) is 13.7. The molecule has 0 aliphatic carbocycles. The molecular formula is C19H19FN5O2S+. The predicted molar refractivity (Wildman–Crippen MR) is 102 cm³/mol. The van der Waals surface area contributed by atoms with Gasteiger partial charge >= 0.3 is 0 Å². The molecule has 1 aliphatic heterocycles. The highest BCUT2D eigenvalue weighted by Gasteiger charge is 2.26. The van der Waals surface area contributed by atoms with Crippen molar-refractivity contribution in [2.24, 2.45) is 0 Å². The molecule has 1 N–H and O–H groups in total. The Morgan fingerprint density at radius 1 is 1.11 bits per heavy atom. The molecule has 7 nitrogen and oxygen atoms in total. The van der Waals surface area contributed by atoms with Gasteiger partial charge in [-0.15, -0.1) is 10.2 Å². The maximum atomic E-state index is 13.0. The van der Waals surface area contributed by atoms with E-state index in [0.717, 1.165) is 18.9 Å². The number of hydrogen-bond donors (Lipinski definition) is 0. The quantitative estimate of drug-likeness (QED) is 0.611. The van der Waals surface area contributed by atoms with Crippen LogP contribution in [0.3, 0.4) is 0 Å². The van der Waals surface area contributed by atoms with E-state index in [2.05, 4.69) is 20.1 Å². The number of pyridine rings is 1. The van der Waals surface area contributed by atoms with E-state index in [4.69, 9.17) is 4.42 Å². The lowest BCUT2D eigenvalue weighted by Crippen LogP contribution is -2.50. The summed E-state index contributed by atoms with van der Waals surface area (Å²) in [7, 11) is 0. The number of hydrogen-bond acceptors (Lipinski definition) is 6. The maximum Gasteiger partial charge on any atom is 0.277 e. The summed E-state index contributed by atoms with van der Waals surface area (Å²) in [5.41, 5.74) is 0.640. The molecule has 1 saturated heterocycles. The molecule has 144 valence electrons. The molecule has 0 saturated carbocycles. The van der Waals surface area contributed by atoms with Crippen LogP contribution in [0.2, 0.25) is 0 Å². The average Bonchev–Trinajstić information content (AvgIpc) is 3.22. The van der Waals surface area contributed by atoms with Crippen molar-refractivity contribution in [2.75, 3.05) is 36.8 Å². The molecule has 1 fully saturated rings. The van der Waals surface area contributed by atoms with Crippen molar-refractivity contribution >= 4 is 23.5 Å². The van der Waals surface area contributed by atoms with Crippen LogP contribution in [-0.2, 0) is 4.79 Å². The minimum Gasteiger partial charge on any atom is -0.411 e. The van der Waals surface area contributed by atoms with E-state index >= 15 is 0 Å².